The second-order valence-corrected chi connectivity index (χ2v) is 4.47. The lowest BCUT2D eigenvalue weighted by molar-refractivity contribution is -0.114. The zero-order chi connectivity index (χ0) is 11.4. The number of aromatic nitrogens is 1. The normalized spacial score (nSPS) is 11.9. The predicted molar refractivity (Wildman–Crippen MR) is 61.3 cm³/mol. The van der Waals surface area contributed by atoms with Crippen molar-refractivity contribution in [3.63, 3.8) is 0 Å². The first kappa shape index (κ1) is 11.8. The van der Waals surface area contributed by atoms with Crippen molar-refractivity contribution >= 4 is 33.4 Å². The SMILES string of the molecule is CC(=O)Nc1ccc(C(=O)C(C)Br)cn1. The van der Waals surface area contributed by atoms with Gasteiger partial charge in [-0.1, -0.05) is 15.9 Å². The number of carbonyl (C=O) groups is 2. The molecule has 1 unspecified atom stereocenters. The average Bonchev–Trinajstić information content (AvgIpc) is 2.17. The van der Waals surface area contributed by atoms with Crippen LogP contribution in [0.3, 0.4) is 0 Å². The fourth-order valence-electron chi connectivity index (χ4n) is 1.02. The smallest absolute Gasteiger partial charge is 0.222 e. The lowest BCUT2D eigenvalue weighted by Crippen LogP contribution is -2.11. The van der Waals surface area contributed by atoms with E-state index in [4.69, 9.17) is 0 Å². The summed E-state index contributed by atoms with van der Waals surface area (Å²) in [6, 6.07) is 3.24. The largest absolute Gasteiger partial charge is 0.311 e. The number of nitrogens with zero attached hydrogens (tertiary/aromatic N) is 1. The third-order valence-corrected chi connectivity index (χ3v) is 2.13. The molecule has 1 heterocycles. The molecule has 15 heavy (non-hydrogen) atoms. The van der Waals surface area contributed by atoms with Crippen molar-refractivity contribution in [2.75, 3.05) is 5.32 Å². The summed E-state index contributed by atoms with van der Waals surface area (Å²) in [7, 11) is 0. The van der Waals surface area contributed by atoms with Gasteiger partial charge in [-0.15, -0.1) is 0 Å². The number of hydrogen-bond acceptors (Lipinski definition) is 3. The van der Waals surface area contributed by atoms with Crippen LogP contribution in [0.15, 0.2) is 18.3 Å². The minimum Gasteiger partial charge on any atom is -0.311 e. The molecular weight excluding hydrogens is 260 g/mol. The van der Waals surface area contributed by atoms with E-state index in [1.165, 1.54) is 13.1 Å². The van der Waals surface area contributed by atoms with Crippen molar-refractivity contribution in [3.05, 3.63) is 23.9 Å². The van der Waals surface area contributed by atoms with Crippen molar-refractivity contribution in [3.8, 4) is 0 Å². The molecule has 1 aromatic rings. The van der Waals surface area contributed by atoms with Gasteiger partial charge in [-0.3, -0.25) is 9.59 Å². The molecule has 1 N–H and O–H groups in total. The van der Waals surface area contributed by atoms with Gasteiger partial charge >= 0.3 is 0 Å². The number of pyridine rings is 1. The van der Waals surface area contributed by atoms with Crippen LogP contribution in [0.2, 0.25) is 0 Å². The fraction of sp³-hybridized carbons (Fsp3) is 0.300. The van der Waals surface area contributed by atoms with E-state index in [2.05, 4.69) is 26.2 Å². The van der Waals surface area contributed by atoms with Crippen LogP contribution in [0.25, 0.3) is 0 Å². The number of rotatable bonds is 3. The van der Waals surface area contributed by atoms with Crippen molar-refractivity contribution in [1.29, 1.82) is 0 Å². The van der Waals surface area contributed by atoms with E-state index < -0.39 is 0 Å². The Bertz CT molecular complexity index is 374. The minimum absolute atomic E-state index is 0.0307. The first-order valence-electron chi connectivity index (χ1n) is 4.42. The average molecular weight is 271 g/mol. The Hall–Kier alpha value is -1.23. The van der Waals surface area contributed by atoms with Gasteiger partial charge in [0, 0.05) is 18.7 Å². The van der Waals surface area contributed by atoms with Crippen molar-refractivity contribution in [1.82, 2.24) is 4.98 Å². The Kier molecular flexibility index (Phi) is 3.96. The number of halogens is 1. The predicted octanol–water partition coefficient (Wildman–Crippen LogP) is 2.01. The maximum absolute atomic E-state index is 11.5. The molecule has 1 aromatic heterocycles. The molecule has 0 saturated heterocycles. The van der Waals surface area contributed by atoms with E-state index in [0.29, 0.717) is 11.4 Å². The number of hydrogen-bond donors (Lipinski definition) is 1. The Morgan fingerprint density at radius 2 is 2.13 bits per heavy atom. The van der Waals surface area contributed by atoms with Crippen LogP contribution >= 0.6 is 15.9 Å². The second-order valence-electron chi connectivity index (χ2n) is 3.09. The van der Waals surface area contributed by atoms with Crippen LogP contribution in [0, 0.1) is 0 Å². The van der Waals surface area contributed by atoms with E-state index in [-0.39, 0.29) is 16.5 Å². The maximum atomic E-state index is 11.5. The van der Waals surface area contributed by atoms with Gasteiger partial charge in [0.2, 0.25) is 5.91 Å². The summed E-state index contributed by atoms with van der Waals surface area (Å²) < 4.78 is 0. The van der Waals surface area contributed by atoms with Crippen molar-refractivity contribution in [2.45, 2.75) is 18.7 Å². The Morgan fingerprint density at radius 3 is 2.53 bits per heavy atom. The molecule has 0 aliphatic heterocycles. The highest BCUT2D eigenvalue weighted by Gasteiger charge is 2.11. The zero-order valence-electron chi connectivity index (χ0n) is 8.45. The minimum atomic E-state index is -0.231. The van der Waals surface area contributed by atoms with Crippen LogP contribution in [0.4, 0.5) is 5.82 Å². The summed E-state index contributed by atoms with van der Waals surface area (Å²) in [5, 5.41) is 2.53. The van der Waals surface area contributed by atoms with E-state index in [0.717, 1.165) is 0 Å². The van der Waals surface area contributed by atoms with E-state index in [1.807, 2.05) is 0 Å². The molecule has 0 aliphatic rings. The number of alkyl halides is 1. The third-order valence-electron chi connectivity index (χ3n) is 1.71. The maximum Gasteiger partial charge on any atom is 0.222 e. The number of amides is 1. The van der Waals surface area contributed by atoms with Gasteiger partial charge in [-0.05, 0) is 19.1 Å². The standard InChI is InChI=1S/C10H11BrN2O2/c1-6(11)10(15)8-3-4-9(12-5-8)13-7(2)14/h3-6H,1-2H3,(H,12,13,14). The number of carbonyl (C=O) groups excluding carboxylic acids is 2. The summed E-state index contributed by atoms with van der Waals surface area (Å²) >= 11 is 3.19. The third kappa shape index (κ3) is 3.43. The number of anilines is 1. The summed E-state index contributed by atoms with van der Waals surface area (Å²) in [4.78, 5) is 25.9. The molecule has 0 aromatic carbocycles. The quantitative estimate of drug-likeness (QED) is 0.675. The zero-order valence-corrected chi connectivity index (χ0v) is 10.0. The molecule has 1 amide bonds. The van der Waals surface area contributed by atoms with Gasteiger partial charge in [-0.25, -0.2) is 4.98 Å². The van der Waals surface area contributed by atoms with Gasteiger partial charge < -0.3 is 5.32 Å². The Labute approximate surface area is 96.2 Å². The van der Waals surface area contributed by atoms with Gasteiger partial charge in [-0.2, -0.15) is 0 Å². The Morgan fingerprint density at radius 1 is 1.47 bits per heavy atom. The molecular formula is C10H11BrN2O2. The van der Waals surface area contributed by atoms with Crippen LogP contribution in [-0.4, -0.2) is 21.5 Å². The van der Waals surface area contributed by atoms with E-state index in [9.17, 15) is 9.59 Å². The van der Waals surface area contributed by atoms with E-state index in [1.54, 1.807) is 19.1 Å². The molecule has 4 nitrogen and oxygen atoms in total. The summed E-state index contributed by atoms with van der Waals surface area (Å²) in [5.41, 5.74) is 0.522. The van der Waals surface area contributed by atoms with Crippen molar-refractivity contribution in [2.24, 2.45) is 0 Å². The van der Waals surface area contributed by atoms with Crippen LogP contribution in [-0.2, 0) is 4.79 Å². The first-order valence-corrected chi connectivity index (χ1v) is 5.34. The molecule has 0 fully saturated rings. The van der Waals surface area contributed by atoms with Crippen LogP contribution in [0.5, 0.6) is 0 Å². The summed E-state index contributed by atoms with van der Waals surface area (Å²) in [5.74, 6) is 0.230. The van der Waals surface area contributed by atoms with Gasteiger partial charge in [0.25, 0.3) is 0 Å². The highest BCUT2D eigenvalue weighted by molar-refractivity contribution is 9.10. The summed E-state index contributed by atoms with van der Waals surface area (Å²) in [6.07, 6.45) is 1.45. The molecule has 0 aliphatic carbocycles. The molecule has 1 atom stereocenters. The van der Waals surface area contributed by atoms with Gasteiger partial charge in [0.05, 0.1) is 4.83 Å². The topological polar surface area (TPSA) is 59.1 Å². The number of nitrogens with one attached hydrogen (secondary N) is 1. The number of Topliss-reactive ketones (excluding diaryl/α,β-unsaturated/α-hetero) is 1. The second kappa shape index (κ2) is 5.02. The van der Waals surface area contributed by atoms with E-state index >= 15 is 0 Å². The lowest BCUT2D eigenvalue weighted by atomic mass is 10.1. The highest BCUT2D eigenvalue weighted by atomic mass is 79.9. The monoisotopic (exact) mass is 270 g/mol. The summed E-state index contributed by atoms with van der Waals surface area (Å²) in [6.45, 7) is 3.16. The molecule has 0 saturated carbocycles. The van der Waals surface area contributed by atoms with Crippen LogP contribution < -0.4 is 5.32 Å². The molecule has 80 valence electrons. The first-order chi connectivity index (χ1) is 7.00. The molecule has 0 spiro atoms. The highest BCUT2D eigenvalue weighted by Crippen LogP contribution is 2.11. The fourth-order valence-corrected chi connectivity index (χ4v) is 1.29. The number of ketones is 1. The van der Waals surface area contributed by atoms with Crippen molar-refractivity contribution < 1.29 is 9.59 Å². The molecule has 0 radical (unpaired) electrons. The van der Waals surface area contributed by atoms with Crippen LogP contribution in [0.1, 0.15) is 24.2 Å². The molecule has 5 heteroatoms. The molecule has 1 rings (SSSR count). The Balaban J connectivity index is 2.81. The van der Waals surface area contributed by atoms with Gasteiger partial charge in [0.15, 0.2) is 5.78 Å². The van der Waals surface area contributed by atoms with Gasteiger partial charge in [0.1, 0.15) is 5.82 Å². The molecule has 0 bridgehead atoms. The lowest BCUT2D eigenvalue weighted by Gasteiger charge is -2.04.